The van der Waals surface area contributed by atoms with Crippen molar-refractivity contribution in [2.45, 2.75) is 6.61 Å². The zero-order chi connectivity index (χ0) is 16.7. The molecule has 2 aromatic carbocycles. The largest absolute Gasteiger partial charge is 0.493 e. The molecule has 0 spiro atoms. The van der Waals surface area contributed by atoms with Crippen LogP contribution < -0.4 is 14.2 Å². The van der Waals surface area contributed by atoms with Crippen LogP contribution in [0.2, 0.25) is 0 Å². The van der Waals surface area contributed by atoms with Gasteiger partial charge in [-0.15, -0.1) is 0 Å². The average molecular weight is 315 g/mol. The highest BCUT2D eigenvalue weighted by Crippen LogP contribution is 2.40. The first kappa shape index (κ1) is 16.4. The summed E-state index contributed by atoms with van der Waals surface area (Å²) in [5, 5.41) is 10.6. The van der Waals surface area contributed by atoms with Crippen molar-refractivity contribution in [1.82, 2.24) is 0 Å². The molecule has 0 atom stereocenters. The maximum absolute atomic E-state index is 10.6. The number of ether oxygens (including phenoxy) is 3. The molecule has 0 amide bonds. The molecule has 0 aliphatic rings. The van der Waals surface area contributed by atoms with Crippen molar-refractivity contribution in [2.24, 2.45) is 0 Å². The zero-order valence-electron chi connectivity index (χ0n) is 12.9. The molecule has 120 valence electrons. The van der Waals surface area contributed by atoms with Crippen molar-refractivity contribution in [3.63, 3.8) is 0 Å². The Balaban J connectivity index is 2.37. The molecule has 0 saturated carbocycles. The van der Waals surface area contributed by atoms with E-state index in [0.29, 0.717) is 29.4 Å². The Morgan fingerprint density at radius 3 is 2.39 bits per heavy atom. The minimum Gasteiger partial charge on any atom is -0.493 e. The first-order valence-electron chi connectivity index (χ1n) is 6.89. The maximum Gasteiger partial charge on any atom is 0.235 e. The van der Waals surface area contributed by atoms with Crippen LogP contribution >= 0.6 is 0 Å². The fraction of sp³-hybridized carbons (Fsp3) is 0.176. The Morgan fingerprint density at radius 1 is 1.04 bits per heavy atom. The van der Waals surface area contributed by atoms with Crippen LogP contribution in [0.3, 0.4) is 0 Å². The molecule has 0 aromatic heterocycles. The first-order valence-corrected chi connectivity index (χ1v) is 6.89. The first-order chi connectivity index (χ1) is 11.2. The van der Waals surface area contributed by atoms with Gasteiger partial charge in [0.15, 0.2) is 11.5 Å². The lowest BCUT2D eigenvalue weighted by molar-refractivity contribution is -0.400. The molecular weight excluding hydrogens is 298 g/mol. The molecule has 0 aliphatic carbocycles. The van der Waals surface area contributed by atoms with Crippen LogP contribution in [0.1, 0.15) is 11.1 Å². The number of nitro groups is 1. The van der Waals surface area contributed by atoms with Gasteiger partial charge < -0.3 is 14.2 Å². The van der Waals surface area contributed by atoms with Crippen LogP contribution in [0.5, 0.6) is 17.2 Å². The second kappa shape index (κ2) is 7.84. The second-order valence-electron chi connectivity index (χ2n) is 4.59. The van der Waals surface area contributed by atoms with Gasteiger partial charge >= 0.3 is 0 Å². The predicted molar refractivity (Wildman–Crippen MR) is 86.3 cm³/mol. The summed E-state index contributed by atoms with van der Waals surface area (Å²) in [5.74, 6) is 1.29. The summed E-state index contributed by atoms with van der Waals surface area (Å²) in [6.07, 6.45) is 2.22. The van der Waals surface area contributed by atoms with Gasteiger partial charge in [0.2, 0.25) is 11.9 Å². The van der Waals surface area contributed by atoms with Crippen LogP contribution in [0.15, 0.2) is 48.7 Å². The van der Waals surface area contributed by atoms with Crippen molar-refractivity contribution < 1.29 is 19.1 Å². The fourth-order valence-electron chi connectivity index (χ4n) is 2.06. The van der Waals surface area contributed by atoms with Crippen LogP contribution in [0, 0.1) is 10.1 Å². The maximum atomic E-state index is 10.6. The Bertz CT molecular complexity index is 698. The number of nitrogens with zero attached hydrogens (tertiary/aromatic N) is 1. The summed E-state index contributed by atoms with van der Waals surface area (Å²) in [6, 6.07) is 13.0. The summed E-state index contributed by atoms with van der Waals surface area (Å²) in [6.45, 7) is 0.309. The second-order valence-corrected chi connectivity index (χ2v) is 4.59. The molecule has 2 aromatic rings. The van der Waals surface area contributed by atoms with Crippen molar-refractivity contribution in [1.29, 1.82) is 0 Å². The van der Waals surface area contributed by atoms with Gasteiger partial charge in [-0.25, -0.2) is 0 Å². The van der Waals surface area contributed by atoms with E-state index in [-0.39, 0.29) is 0 Å². The van der Waals surface area contributed by atoms with E-state index in [0.717, 1.165) is 11.8 Å². The SMILES string of the molecule is COc1ccc(/C=C/[N+](=O)[O-])c(OCc2ccccc2)c1OC. The van der Waals surface area contributed by atoms with Crippen LogP contribution in [-0.2, 0) is 6.61 Å². The predicted octanol–water partition coefficient (Wildman–Crippen LogP) is 3.53. The van der Waals surface area contributed by atoms with Crippen molar-refractivity contribution in [3.8, 4) is 17.2 Å². The summed E-state index contributed by atoms with van der Waals surface area (Å²) in [4.78, 5) is 10.0. The lowest BCUT2D eigenvalue weighted by Crippen LogP contribution is -2.01. The van der Waals surface area contributed by atoms with Gasteiger partial charge in [-0.05, 0) is 17.7 Å². The van der Waals surface area contributed by atoms with E-state index in [4.69, 9.17) is 14.2 Å². The van der Waals surface area contributed by atoms with Crippen molar-refractivity contribution >= 4 is 6.08 Å². The van der Waals surface area contributed by atoms with E-state index in [2.05, 4.69) is 0 Å². The van der Waals surface area contributed by atoms with Crippen molar-refractivity contribution in [2.75, 3.05) is 14.2 Å². The number of methoxy groups -OCH3 is 2. The highest BCUT2D eigenvalue weighted by Gasteiger charge is 2.16. The summed E-state index contributed by atoms with van der Waals surface area (Å²) in [7, 11) is 3.01. The monoisotopic (exact) mass is 315 g/mol. The van der Waals surface area contributed by atoms with E-state index in [1.165, 1.54) is 20.3 Å². The molecule has 0 fully saturated rings. The van der Waals surface area contributed by atoms with Gasteiger partial charge in [0.1, 0.15) is 6.61 Å². The van der Waals surface area contributed by atoms with Crippen LogP contribution in [0.4, 0.5) is 0 Å². The smallest absolute Gasteiger partial charge is 0.235 e. The molecule has 0 aliphatic heterocycles. The van der Waals surface area contributed by atoms with Gasteiger partial charge in [-0.2, -0.15) is 0 Å². The molecular formula is C17H17NO5. The van der Waals surface area contributed by atoms with E-state index in [1.807, 2.05) is 30.3 Å². The standard InChI is InChI=1S/C17H17NO5/c1-21-15-9-8-14(10-11-18(19)20)16(17(15)22-2)23-12-13-6-4-3-5-7-13/h3-11H,12H2,1-2H3/b11-10+. The lowest BCUT2D eigenvalue weighted by Gasteiger charge is -2.16. The number of rotatable bonds is 7. The zero-order valence-corrected chi connectivity index (χ0v) is 12.9. The van der Waals surface area contributed by atoms with E-state index < -0.39 is 4.92 Å². The summed E-state index contributed by atoms with van der Waals surface area (Å²) < 4.78 is 16.4. The molecule has 0 saturated heterocycles. The van der Waals surface area contributed by atoms with E-state index in [1.54, 1.807) is 12.1 Å². The van der Waals surface area contributed by atoms with E-state index in [9.17, 15) is 10.1 Å². The van der Waals surface area contributed by atoms with Gasteiger partial charge in [0.05, 0.1) is 19.1 Å². The third-order valence-corrected chi connectivity index (χ3v) is 3.13. The molecule has 0 heterocycles. The Labute approximate surface area is 134 Å². The Hall–Kier alpha value is -3.02. The fourth-order valence-corrected chi connectivity index (χ4v) is 2.06. The Kier molecular flexibility index (Phi) is 5.57. The van der Waals surface area contributed by atoms with Gasteiger partial charge in [-0.3, -0.25) is 10.1 Å². The molecule has 0 N–H and O–H groups in total. The third kappa shape index (κ3) is 4.23. The molecule has 6 nitrogen and oxygen atoms in total. The molecule has 23 heavy (non-hydrogen) atoms. The van der Waals surface area contributed by atoms with Gasteiger partial charge in [0.25, 0.3) is 0 Å². The molecule has 0 unspecified atom stereocenters. The average Bonchev–Trinajstić information content (AvgIpc) is 2.58. The highest BCUT2D eigenvalue weighted by molar-refractivity contribution is 5.66. The molecule has 6 heteroatoms. The number of hydrogen-bond donors (Lipinski definition) is 0. The quantitative estimate of drug-likeness (QED) is 0.577. The van der Waals surface area contributed by atoms with Gasteiger partial charge in [-0.1, -0.05) is 30.3 Å². The summed E-state index contributed by atoms with van der Waals surface area (Å²) >= 11 is 0. The van der Waals surface area contributed by atoms with Gasteiger partial charge in [0, 0.05) is 11.6 Å². The minimum absolute atomic E-state index is 0.309. The molecule has 0 radical (unpaired) electrons. The normalized spacial score (nSPS) is 10.5. The topological polar surface area (TPSA) is 70.8 Å². The van der Waals surface area contributed by atoms with E-state index >= 15 is 0 Å². The highest BCUT2D eigenvalue weighted by atomic mass is 16.6. The summed E-state index contributed by atoms with van der Waals surface area (Å²) in [5.41, 5.74) is 1.51. The lowest BCUT2D eigenvalue weighted by atomic mass is 10.1. The minimum atomic E-state index is -0.530. The third-order valence-electron chi connectivity index (χ3n) is 3.13. The van der Waals surface area contributed by atoms with Crippen LogP contribution in [0.25, 0.3) is 6.08 Å². The number of benzene rings is 2. The van der Waals surface area contributed by atoms with Crippen LogP contribution in [-0.4, -0.2) is 19.1 Å². The molecule has 0 bridgehead atoms. The van der Waals surface area contributed by atoms with Crippen molar-refractivity contribution in [3.05, 3.63) is 69.9 Å². The number of hydrogen-bond acceptors (Lipinski definition) is 5. The molecule has 2 rings (SSSR count). The Morgan fingerprint density at radius 2 is 1.78 bits per heavy atom.